The smallest absolute Gasteiger partial charge is 0.251 e. The molecule has 1 amide bonds. The van der Waals surface area contributed by atoms with Gasteiger partial charge in [-0.25, -0.2) is 4.98 Å². The summed E-state index contributed by atoms with van der Waals surface area (Å²) >= 11 is 0. The zero-order valence-electron chi connectivity index (χ0n) is 20.3. The van der Waals surface area contributed by atoms with Crippen LogP contribution in [0.5, 0.6) is 0 Å². The molecule has 1 fully saturated rings. The summed E-state index contributed by atoms with van der Waals surface area (Å²) in [6, 6.07) is 20.7. The summed E-state index contributed by atoms with van der Waals surface area (Å²) in [7, 11) is 0. The van der Waals surface area contributed by atoms with Crippen molar-refractivity contribution in [2.45, 2.75) is 64.1 Å². The number of rotatable bonds is 7. The number of carbonyl (C=O) groups is 1. The first-order valence-electron chi connectivity index (χ1n) is 12.8. The number of anilines is 1. The predicted molar refractivity (Wildman–Crippen MR) is 142 cm³/mol. The fourth-order valence-electron chi connectivity index (χ4n) is 5.22. The van der Waals surface area contributed by atoms with Crippen LogP contribution in [0.2, 0.25) is 0 Å². The third-order valence-electron chi connectivity index (χ3n) is 7.11. The summed E-state index contributed by atoms with van der Waals surface area (Å²) in [5.74, 6) is 0.670. The summed E-state index contributed by atoms with van der Waals surface area (Å²) in [4.78, 5) is 17.6. The van der Waals surface area contributed by atoms with Gasteiger partial charge in [-0.05, 0) is 54.3 Å². The fraction of sp³-hybridized carbons (Fsp3) is 0.379. The lowest BCUT2D eigenvalue weighted by Gasteiger charge is -2.21. The number of hydrogen-bond acceptors (Lipinski definition) is 4. The molecule has 35 heavy (non-hydrogen) atoms. The molecule has 6 nitrogen and oxygen atoms in total. The minimum atomic E-state index is -0.292. The standard InChI is InChI=1S/C29H34N4O2/c1-20(19-34)31-28(35)22-15-16-27-26(17-22)32-29(33(27)24-12-4-2-3-5-13-24)30-18-23-11-8-10-21-9-6-7-14-25(21)23/h6-11,14-17,20,24,34H,2-5,12-13,18-19H2,1H3,(H,30,32)(H,31,35). The fourth-order valence-corrected chi connectivity index (χ4v) is 5.22. The highest BCUT2D eigenvalue weighted by atomic mass is 16.3. The molecule has 1 aliphatic rings. The summed E-state index contributed by atoms with van der Waals surface area (Å²) in [5, 5.41) is 18.2. The van der Waals surface area contributed by atoms with Gasteiger partial charge in [0, 0.05) is 24.2 Å². The SMILES string of the molecule is CC(CO)NC(=O)c1ccc2c(c1)nc(NCc1cccc3ccccc13)n2C1CCCCCC1. The van der Waals surface area contributed by atoms with E-state index in [0.717, 1.165) is 29.8 Å². The first kappa shape index (κ1) is 23.4. The number of imidazole rings is 1. The molecule has 1 saturated carbocycles. The number of benzene rings is 3. The van der Waals surface area contributed by atoms with Crippen LogP contribution >= 0.6 is 0 Å². The number of amides is 1. The van der Waals surface area contributed by atoms with Gasteiger partial charge >= 0.3 is 0 Å². The van der Waals surface area contributed by atoms with Gasteiger partial charge in [0.2, 0.25) is 5.95 Å². The van der Waals surface area contributed by atoms with Crippen molar-refractivity contribution >= 4 is 33.7 Å². The average molecular weight is 471 g/mol. The van der Waals surface area contributed by atoms with E-state index in [2.05, 4.69) is 57.7 Å². The Morgan fingerprint density at radius 3 is 2.63 bits per heavy atom. The Bertz CT molecular complexity index is 1320. The molecule has 1 aliphatic carbocycles. The molecule has 0 aliphatic heterocycles. The number of fused-ring (bicyclic) bond motifs is 2. The molecule has 1 aromatic heterocycles. The maximum Gasteiger partial charge on any atom is 0.251 e. The van der Waals surface area contributed by atoms with Crippen LogP contribution in [0, 0.1) is 0 Å². The number of aromatic nitrogens is 2. The van der Waals surface area contributed by atoms with Gasteiger partial charge in [0.1, 0.15) is 0 Å². The molecular weight excluding hydrogens is 436 g/mol. The molecular formula is C29H34N4O2. The quantitative estimate of drug-likeness (QED) is 0.298. The predicted octanol–water partition coefficient (Wildman–Crippen LogP) is 5.81. The number of carbonyl (C=O) groups excluding carboxylic acids is 1. The summed E-state index contributed by atoms with van der Waals surface area (Å²) in [6.45, 7) is 2.37. The molecule has 0 radical (unpaired) electrons. The second-order valence-electron chi connectivity index (χ2n) is 9.70. The van der Waals surface area contributed by atoms with Gasteiger partial charge in [0.05, 0.1) is 17.6 Å². The molecule has 4 aromatic rings. The van der Waals surface area contributed by atoms with Crippen LogP contribution in [0.4, 0.5) is 5.95 Å². The molecule has 182 valence electrons. The third-order valence-corrected chi connectivity index (χ3v) is 7.11. The summed E-state index contributed by atoms with van der Waals surface area (Å²) < 4.78 is 2.36. The van der Waals surface area contributed by atoms with E-state index >= 15 is 0 Å². The molecule has 6 heteroatoms. The Balaban J connectivity index is 1.50. The van der Waals surface area contributed by atoms with Crippen molar-refractivity contribution in [2.24, 2.45) is 0 Å². The molecule has 0 spiro atoms. The zero-order valence-corrected chi connectivity index (χ0v) is 20.3. The van der Waals surface area contributed by atoms with Crippen LogP contribution in [-0.4, -0.2) is 33.2 Å². The highest BCUT2D eigenvalue weighted by Crippen LogP contribution is 2.34. The Hall–Kier alpha value is -3.38. The lowest BCUT2D eigenvalue weighted by molar-refractivity contribution is 0.0922. The highest BCUT2D eigenvalue weighted by molar-refractivity contribution is 5.98. The first-order valence-corrected chi connectivity index (χ1v) is 12.8. The number of hydrogen-bond donors (Lipinski definition) is 3. The number of nitrogens with zero attached hydrogens (tertiary/aromatic N) is 2. The van der Waals surface area contributed by atoms with Crippen molar-refractivity contribution < 1.29 is 9.90 Å². The highest BCUT2D eigenvalue weighted by Gasteiger charge is 2.22. The van der Waals surface area contributed by atoms with Crippen molar-refractivity contribution in [3.8, 4) is 0 Å². The average Bonchev–Trinajstić information content (AvgIpc) is 3.04. The normalized spacial score (nSPS) is 15.7. The second-order valence-corrected chi connectivity index (χ2v) is 9.70. The number of nitrogens with one attached hydrogen (secondary N) is 2. The van der Waals surface area contributed by atoms with Crippen LogP contribution in [0.1, 0.15) is 67.4 Å². The molecule has 0 saturated heterocycles. The lowest BCUT2D eigenvalue weighted by Crippen LogP contribution is -2.34. The topological polar surface area (TPSA) is 79.2 Å². The van der Waals surface area contributed by atoms with E-state index in [1.165, 1.54) is 42.0 Å². The van der Waals surface area contributed by atoms with Crippen LogP contribution in [-0.2, 0) is 6.54 Å². The van der Waals surface area contributed by atoms with Gasteiger partial charge in [-0.15, -0.1) is 0 Å². The first-order chi connectivity index (χ1) is 17.1. The molecule has 1 atom stereocenters. The van der Waals surface area contributed by atoms with Gasteiger partial charge in [0.15, 0.2) is 0 Å². The minimum Gasteiger partial charge on any atom is -0.394 e. The van der Waals surface area contributed by atoms with E-state index in [0.29, 0.717) is 18.2 Å². The summed E-state index contributed by atoms with van der Waals surface area (Å²) in [5.41, 5.74) is 3.67. The number of aliphatic hydroxyl groups excluding tert-OH is 1. The lowest BCUT2D eigenvalue weighted by atomic mass is 10.0. The minimum absolute atomic E-state index is 0.0907. The van der Waals surface area contributed by atoms with E-state index in [1.807, 2.05) is 18.2 Å². The van der Waals surface area contributed by atoms with Crippen molar-refractivity contribution in [3.05, 3.63) is 71.8 Å². The maximum atomic E-state index is 12.7. The zero-order chi connectivity index (χ0) is 24.2. The molecule has 1 unspecified atom stereocenters. The summed E-state index contributed by atoms with van der Waals surface area (Å²) in [6.07, 6.45) is 7.32. The van der Waals surface area contributed by atoms with Crippen LogP contribution in [0.25, 0.3) is 21.8 Å². The maximum absolute atomic E-state index is 12.7. The van der Waals surface area contributed by atoms with Crippen molar-refractivity contribution in [1.82, 2.24) is 14.9 Å². The van der Waals surface area contributed by atoms with Gasteiger partial charge < -0.3 is 20.3 Å². The van der Waals surface area contributed by atoms with Crippen LogP contribution in [0.15, 0.2) is 60.7 Å². The van der Waals surface area contributed by atoms with Crippen LogP contribution < -0.4 is 10.6 Å². The Labute approximate surface area is 206 Å². The monoisotopic (exact) mass is 470 g/mol. The second kappa shape index (κ2) is 10.5. The van der Waals surface area contributed by atoms with E-state index in [-0.39, 0.29) is 18.6 Å². The van der Waals surface area contributed by atoms with E-state index in [4.69, 9.17) is 4.98 Å². The van der Waals surface area contributed by atoms with Gasteiger partial charge in [-0.2, -0.15) is 0 Å². The molecule has 3 aromatic carbocycles. The van der Waals surface area contributed by atoms with Gasteiger partial charge in [0.25, 0.3) is 5.91 Å². The van der Waals surface area contributed by atoms with Gasteiger partial charge in [-0.3, -0.25) is 4.79 Å². The Morgan fingerprint density at radius 2 is 1.83 bits per heavy atom. The van der Waals surface area contributed by atoms with E-state index < -0.39 is 0 Å². The van der Waals surface area contributed by atoms with E-state index in [9.17, 15) is 9.90 Å². The van der Waals surface area contributed by atoms with Gasteiger partial charge in [-0.1, -0.05) is 68.1 Å². The Kier molecular flexibility index (Phi) is 7.00. The molecule has 3 N–H and O–H groups in total. The molecule has 1 heterocycles. The van der Waals surface area contributed by atoms with Crippen molar-refractivity contribution in [2.75, 3.05) is 11.9 Å². The van der Waals surface area contributed by atoms with Crippen molar-refractivity contribution in [1.29, 1.82) is 0 Å². The molecule has 0 bridgehead atoms. The number of aliphatic hydroxyl groups is 1. The Morgan fingerprint density at radius 1 is 1.06 bits per heavy atom. The largest absolute Gasteiger partial charge is 0.394 e. The molecule has 5 rings (SSSR count). The van der Waals surface area contributed by atoms with Crippen LogP contribution in [0.3, 0.4) is 0 Å². The van der Waals surface area contributed by atoms with Crippen molar-refractivity contribution in [3.63, 3.8) is 0 Å². The third kappa shape index (κ3) is 5.03. The van der Waals surface area contributed by atoms with E-state index in [1.54, 1.807) is 6.92 Å².